The van der Waals surface area contributed by atoms with E-state index in [0.717, 1.165) is 25.9 Å². The molecule has 3 rings (SSSR count). The van der Waals surface area contributed by atoms with Crippen molar-refractivity contribution in [3.05, 3.63) is 29.6 Å². The van der Waals surface area contributed by atoms with Crippen molar-refractivity contribution in [1.29, 1.82) is 0 Å². The van der Waals surface area contributed by atoms with E-state index in [-0.39, 0.29) is 23.6 Å². The molecule has 1 aromatic rings. The molecule has 0 radical (unpaired) electrons. The van der Waals surface area contributed by atoms with Gasteiger partial charge in [-0.3, -0.25) is 9.69 Å². The maximum atomic E-state index is 13.5. The molecule has 0 aromatic heterocycles. The van der Waals surface area contributed by atoms with Crippen LogP contribution in [0.3, 0.4) is 0 Å². The number of hydrogen-bond acceptors (Lipinski definition) is 4. The Labute approximate surface area is 142 Å². The molecule has 2 aliphatic rings. The van der Waals surface area contributed by atoms with Crippen LogP contribution in [0.2, 0.25) is 0 Å². The molecule has 132 valence electrons. The van der Waals surface area contributed by atoms with E-state index in [4.69, 9.17) is 4.74 Å². The minimum atomic E-state index is -0.573. The van der Waals surface area contributed by atoms with E-state index in [1.165, 1.54) is 43.1 Å². The lowest BCUT2D eigenvalue weighted by molar-refractivity contribution is 0.0294. The van der Waals surface area contributed by atoms with Crippen LogP contribution in [-0.2, 0) is 0 Å². The Morgan fingerprint density at radius 1 is 1.33 bits per heavy atom. The first-order chi connectivity index (χ1) is 11.5. The Hall–Kier alpha value is -1.66. The number of hydrogen-bond donors (Lipinski definition) is 1. The fourth-order valence-corrected chi connectivity index (χ4v) is 4.02. The summed E-state index contributed by atoms with van der Waals surface area (Å²) in [6.45, 7) is 2.04. The van der Waals surface area contributed by atoms with E-state index in [9.17, 15) is 14.3 Å². The van der Waals surface area contributed by atoms with E-state index in [1.807, 2.05) is 0 Å². The first kappa shape index (κ1) is 17.2. The summed E-state index contributed by atoms with van der Waals surface area (Å²) >= 11 is 0. The Morgan fingerprint density at radius 3 is 2.71 bits per heavy atom. The summed E-state index contributed by atoms with van der Waals surface area (Å²) in [4.78, 5) is 16.7. The first-order valence-corrected chi connectivity index (χ1v) is 8.55. The zero-order chi connectivity index (χ0) is 17.3. The van der Waals surface area contributed by atoms with Gasteiger partial charge in [-0.25, -0.2) is 4.39 Å². The van der Waals surface area contributed by atoms with Gasteiger partial charge < -0.3 is 14.7 Å². The number of carbonyl (C=O) groups is 1. The molecule has 0 bridgehead atoms. The average molecular weight is 336 g/mol. The molecule has 5 nitrogen and oxygen atoms in total. The molecule has 3 atom stereocenters. The maximum absolute atomic E-state index is 13.5. The average Bonchev–Trinajstić information content (AvgIpc) is 3.22. The third kappa shape index (κ3) is 3.13. The van der Waals surface area contributed by atoms with Gasteiger partial charge in [-0.1, -0.05) is 0 Å². The SMILES string of the molecule is COc1ccc(F)cc1C(=O)N(C)[C@@H]1CC[C@@H](N2CCCC2)[C@@H]1O. The molecule has 1 saturated heterocycles. The number of aliphatic hydroxyl groups excluding tert-OH is 1. The van der Waals surface area contributed by atoms with Crippen LogP contribution in [0, 0.1) is 5.82 Å². The zero-order valence-electron chi connectivity index (χ0n) is 14.2. The van der Waals surface area contributed by atoms with Crippen molar-refractivity contribution in [2.75, 3.05) is 27.2 Å². The number of nitrogens with zero attached hydrogens (tertiary/aromatic N) is 2. The number of likely N-dealkylation sites (N-methyl/N-ethyl adjacent to an activating group) is 1. The minimum Gasteiger partial charge on any atom is -0.496 e. The summed E-state index contributed by atoms with van der Waals surface area (Å²) < 4.78 is 18.7. The molecule has 1 aliphatic heterocycles. The number of aliphatic hydroxyl groups is 1. The highest BCUT2D eigenvalue weighted by atomic mass is 19.1. The second-order valence-electron chi connectivity index (χ2n) is 6.71. The normalized spacial score (nSPS) is 27.4. The standard InChI is InChI=1S/C18H25FN2O3/c1-20(18(23)13-11-12(19)5-8-16(13)24-2)14-6-7-15(17(14)22)21-9-3-4-10-21/h5,8,11,14-15,17,22H,3-4,6-7,9-10H2,1-2H3/t14-,15-,17-/m1/s1. The maximum Gasteiger partial charge on any atom is 0.257 e. The Bertz CT molecular complexity index is 604. The molecule has 1 heterocycles. The molecule has 0 unspecified atom stereocenters. The lowest BCUT2D eigenvalue weighted by Gasteiger charge is -2.32. The number of likely N-dealkylation sites (tertiary alicyclic amines) is 1. The summed E-state index contributed by atoms with van der Waals surface area (Å²) in [5, 5.41) is 10.7. The van der Waals surface area contributed by atoms with Gasteiger partial charge in [0, 0.05) is 13.1 Å². The van der Waals surface area contributed by atoms with Crippen LogP contribution >= 0.6 is 0 Å². The van der Waals surface area contributed by atoms with Crippen LogP contribution in [-0.4, -0.2) is 66.2 Å². The van der Waals surface area contributed by atoms with Crippen LogP contribution < -0.4 is 4.74 Å². The van der Waals surface area contributed by atoms with Gasteiger partial charge in [0.2, 0.25) is 0 Å². The van der Waals surface area contributed by atoms with Crippen molar-refractivity contribution < 1.29 is 19.0 Å². The van der Waals surface area contributed by atoms with Crippen molar-refractivity contribution in [1.82, 2.24) is 9.80 Å². The fraction of sp³-hybridized carbons (Fsp3) is 0.611. The van der Waals surface area contributed by atoms with Crippen molar-refractivity contribution in [3.8, 4) is 5.75 Å². The second kappa shape index (κ2) is 7.07. The topological polar surface area (TPSA) is 53.0 Å². The molecular formula is C18H25FN2O3. The van der Waals surface area contributed by atoms with E-state index in [2.05, 4.69) is 4.90 Å². The highest BCUT2D eigenvalue weighted by molar-refractivity contribution is 5.97. The predicted octanol–water partition coefficient (Wildman–Crippen LogP) is 1.89. The number of halogens is 1. The molecule has 1 aromatic carbocycles. The van der Waals surface area contributed by atoms with Crippen LogP contribution in [0.15, 0.2) is 18.2 Å². The van der Waals surface area contributed by atoms with Crippen LogP contribution in [0.5, 0.6) is 5.75 Å². The predicted molar refractivity (Wildman–Crippen MR) is 88.7 cm³/mol. The number of benzene rings is 1. The molecule has 1 saturated carbocycles. The summed E-state index contributed by atoms with van der Waals surface area (Å²) in [5.74, 6) is -0.455. The zero-order valence-corrected chi connectivity index (χ0v) is 14.2. The summed E-state index contributed by atoms with van der Waals surface area (Å²) in [5.41, 5.74) is 0.192. The number of carbonyl (C=O) groups excluding carboxylic acids is 1. The van der Waals surface area contributed by atoms with Gasteiger partial charge in [0.25, 0.3) is 5.91 Å². The van der Waals surface area contributed by atoms with Gasteiger partial charge in [0.1, 0.15) is 11.6 Å². The fourth-order valence-electron chi connectivity index (χ4n) is 4.02. The number of amides is 1. The summed E-state index contributed by atoms with van der Waals surface area (Å²) in [6.07, 6.45) is 3.40. The lowest BCUT2D eigenvalue weighted by Crippen LogP contribution is -2.48. The number of ether oxygens (including phenoxy) is 1. The lowest BCUT2D eigenvalue weighted by atomic mass is 10.1. The van der Waals surface area contributed by atoms with Crippen LogP contribution in [0.4, 0.5) is 4.39 Å². The third-order valence-corrected chi connectivity index (χ3v) is 5.37. The van der Waals surface area contributed by atoms with E-state index < -0.39 is 11.9 Å². The van der Waals surface area contributed by atoms with E-state index in [1.54, 1.807) is 7.05 Å². The van der Waals surface area contributed by atoms with E-state index >= 15 is 0 Å². The van der Waals surface area contributed by atoms with Gasteiger partial charge >= 0.3 is 0 Å². The Morgan fingerprint density at radius 2 is 2.04 bits per heavy atom. The second-order valence-corrected chi connectivity index (χ2v) is 6.71. The Kier molecular flexibility index (Phi) is 5.06. The highest BCUT2D eigenvalue weighted by Gasteiger charge is 2.42. The van der Waals surface area contributed by atoms with Gasteiger partial charge in [-0.15, -0.1) is 0 Å². The molecule has 1 amide bonds. The number of rotatable bonds is 4. The summed E-state index contributed by atoms with van der Waals surface area (Å²) in [7, 11) is 3.13. The van der Waals surface area contributed by atoms with E-state index in [0.29, 0.717) is 5.75 Å². The largest absolute Gasteiger partial charge is 0.496 e. The third-order valence-electron chi connectivity index (χ3n) is 5.37. The van der Waals surface area contributed by atoms with Gasteiger partial charge in [-0.05, 0) is 57.0 Å². The van der Waals surface area contributed by atoms with Crippen molar-refractivity contribution in [3.63, 3.8) is 0 Å². The molecule has 1 aliphatic carbocycles. The van der Waals surface area contributed by atoms with Gasteiger partial charge in [0.05, 0.1) is 24.8 Å². The first-order valence-electron chi connectivity index (χ1n) is 8.55. The molecule has 24 heavy (non-hydrogen) atoms. The van der Waals surface area contributed by atoms with Gasteiger partial charge in [0.15, 0.2) is 0 Å². The van der Waals surface area contributed by atoms with Crippen molar-refractivity contribution >= 4 is 5.91 Å². The monoisotopic (exact) mass is 336 g/mol. The minimum absolute atomic E-state index is 0.113. The molecule has 2 fully saturated rings. The Balaban J connectivity index is 1.75. The smallest absolute Gasteiger partial charge is 0.257 e. The molecular weight excluding hydrogens is 311 g/mol. The van der Waals surface area contributed by atoms with Gasteiger partial charge in [-0.2, -0.15) is 0 Å². The van der Waals surface area contributed by atoms with Crippen molar-refractivity contribution in [2.45, 2.75) is 43.9 Å². The molecule has 1 N–H and O–H groups in total. The number of methoxy groups -OCH3 is 1. The van der Waals surface area contributed by atoms with Crippen molar-refractivity contribution in [2.24, 2.45) is 0 Å². The quantitative estimate of drug-likeness (QED) is 0.912. The molecule has 0 spiro atoms. The van der Waals surface area contributed by atoms with Crippen LogP contribution in [0.25, 0.3) is 0 Å². The highest BCUT2D eigenvalue weighted by Crippen LogP contribution is 2.31. The summed E-state index contributed by atoms with van der Waals surface area (Å²) in [6, 6.07) is 3.77. The van der Waals surface area contributed by atoms with Crippen LogP contribution in [0.1, 0.15) is 36.0 Å². The molecule has 6 heteroatoms.